The van der Waals surface area contributed by atoms with Crippen molar-refractivity contribution in [3.05, 3.63) is 24.0 Å². The van der Waals surface area contributed by atoms with Gasteiger partial charge in [-0.1, -0.05) is 0 Å². The molecule has 0 aliphatic carbocycles. The predicted molar refractivity (Wildman–Crippen MR) is 73.2 cm³/mol. The van der Waals surface area contributed by atoms with Crippen molar-refractivity contribution in [1.82, 2.24) is 9.88 Å². The molecule has 0 radical (unpaired) electrons. The first-order valence-corrected chi connectivity index (χ1v) is 6.59. The topological polar surface area (TPSA) is 62.3 Å². The number of rotatable bonds is 2. The smallest absolute Gasteiger partial charge is 0.272 e. The first-order valence-electron chi connectivity index (χ1n) is 6.59. The van der Waals surface area contributed by atoms with Crippen LogP contribution in [0.4, 0.5) is 10.1 Å². The van der Waals surface area contributed by atoms with Crippen molar-refractivity contribution in [3.8, 4) is 0 Å². The highest BCUT2D eigenvalue weighted by atomic mass is 19.1. The van der Waals surface area contributed by atoms with Gasteiger partial charge in [0.25, 0.3) is 5.91 Å². The summed E-state index contributed by atoms with van der Waals surface area (Å²) in [6.07, 6.45) is 2.56. The molecule has 1 N–H and O–H groups in total. The van der Waals surface area contributed by atoms with Gasteiger partial charge in [-0.3, -0.25) is 9.59 Å². The maximum absolute atomic E-state index is 13.9. The van der Waals surface area contributed by atoms with Crippen LogP contribution in [0.2, 0.25) is 0 Å². The summed E-state index contributed by atoms with van der Waals surface area (Å²) >= 11 is 0. The standard InChI is InChI=1S/C14H18FN3O2/c1-10(19)17-11-4-5-12(16-8-11)13(20)18-7-3-6-14(2,15)9-18/h4-5,8H,3,6-7,9H2,1-2H3,(H,17,19). The Labute approximate surface area is 117 Å². The second-order valence-corrected chi connectivity index (χ2v) is 5.36. The molecule has 108 valence electrons. The minimum absolute atomic E-state index is 0.0982. The summed E-state index contributed by atoms with van der Waals surface area (Å²) in [6.45, 7) is 3.56. The number of alkyl halides is 1. The van der Waals surface area contributed by atoms with Crippen LogP contribution >= 0.6 is 0 Å². The average Bonchev–Trinajstić information content (AvgIpc) is 2.37. The number of nitrogens with one attached hydrogen (secondary N) is 1. The van der Waals surface area contributed by atoms with Gasteiger partial charge >= 0.3 is 0 Å². The monoisotopic (exact) mass is 279 g/mol. The van der Waals surface area contributed by atoms with Crippen LogP contribution in [0.3, 0.4) is 0 Å². The molecule has 0 saturated carbocycles. The van der Waals surface area contributed by atoms with Crippen molar-refractivity contribution in [2.24, 2.45) is 0 Å². The molecule has 1 fully saturated rings. The molecule has 0 bridgehead atoms. The zero-order valence-corrected chi connectivity index (χ0v) is 11.6. The summed E-state index contributed by atoms with van der Waals surface area (Å²) in [4.78, 5) is 28.6. The van der Waals surface area contributed by atoms with Gasteiger partial charge in [0.15, 0.2) is 0 Å². The minimum atomic E-state index is -1.33. The first-order chi connectivity index (χ1) is 9.37. The molecule has 0 spiro atoms. The largest absolute Gasteiger partial charge is 0.334 e. The Kier molecular flexibility index (Phi) is 4.01. The third-order valence-electron chi connectivity index (χ3n) is 3.24. The molecule has 0 aromatic carbocycles. The minimum Gasteiger partial charge on any atom is -0.334 e. The molecular formula is C14H18FN3O2. The zero-order chi connectivity index (χ0) is 14.8. The molecule has 1 saturated heterocycles. The van der Waals surface area contributed by atoms with E-state index in [-0.39, 0.29) is 24.1 Å². The van der Waals surface area contributed by atoms with Crippen LogP contribution in [0.1, 0.15) is 37.2 Å². The van der Waals surface area contributed by atoms with Gasteiger partial charge in [0.2, 0.25) is 5.91 Å². The molecule has 1 aromatic rings. The molecule has 5 nitrogen and oxygen atoms in total. The lowest BCUT2D eigenvalue weighted by atomic mass is 9.97. The molecule has 1 aromatic heterocycles. The van der Waals surface area contributed by atoms with Gasteiger partial charge in [0.05, 0.1) is 18.4 Å². The quantitative estimate of drug-likeness (QED) is 0.900. The Morgan fingerprint density at radius 2 is 2.20 bits per heavy atom. The summed E-state index contributed by atoms with van der Waals surface area (Å²) in [7, 11) is 0. The molecule has 2 heterocycles. The van der Waals surface area contributed by atoms with Crippen molar-refractivity contribution in [1.29, 1.82) is 0 Å². The van der Waals surface area contributed by atoms with E-state index in [2.05, 4.69) is 10.3 Å². The maximum atomic E-state index is 13.9. The lowest BCUT2D eigenvalue weighted by Gasteiger charge is -2.34. The van der Waals surface area contributed by atoms with Gasteiger partial charge in [0, 0.05) is 13.5 Å². The Balaban J connectivity index is 2.07. The van der Waals surface area contributed by atoms with E-state index >= 15 is 0 Å². The number of anilines is 1. The number of pyridine rings is 1. The van der Waals surface area contributed by atoms with Gasteiger partial charge in [-0.15, -0.1) is 0 Å². The van der Waals surface area contributed by atoms with Crippen LogP contribution in [0.25, 0.3) is 0 Å². The van der Waals surface area contributed by atoms with Crippen molar-refractivity contribution < 1.29 is 14.0 Å². The Morgan fingerprint density at radius 3 is 2.75 bits per heavy atom. The maximum Gasteiger partial charge on any atom is 0.272 e. The predicted octanol–water partition coefficient (Wildman–Crippen LogP) is 2.00. The Bertz CT molecular complexity index is 514. The fourth-order valence-corrected chi connectivity index (χ4v) is 2.33. The molecule has 6 heteroatoms. The number of carbonyl (C=O) groups is 2. The van der Waals surface area contributed by atoms with E-state index in [1.165, 1.54) is 31.0 Å². The van der Waals surface area contributed by atoms with Crippen molar-refractivity contribution >= 4 is 17.5 Å². The number of piperidine rings is 1. The number of halogens is 1. The van der Waals surface area contributed by atoms with E-state index in [4.69, 9.17) is 0 Å². The summed E-state index contributed by atoms with van der Waals surface area (Å²) in [6, 6.07) is 3.15. The summed E-state index contributed by atoms with van der Waals surface area (Å²) in [5, 5.41) is 2.58. The SMILES string of the molecule is CC(=O)Nc1ccc(C(=O)N2CCCC(C)(F)C2)nc1. The normalized spacial score (nSPS) is 22.4. The van der Waals surface area contributed by atoms with Gasteiger partial charge in [-0.2, -0.15) is 0 Å². The van der Waals surface area contributed by atoms with E-state index in [0.29, 0.717) is 25.1 Å². The van der Waals surface area contributed by atoms with E-state index < -0.39 is 5.67 Å². The third kappa shape index (κ3) is 3.53. The molecule has 20 heavy (non-hydrogen) atoms. The molecule has 1 aliphatic heterocycles. The Hall–Kier alpha value is -1.98. The molecular weight excluding hydrogens is 261 g/mol. The number of amides is 2. The van der Waals surface area contributed by atoms with Crippen LogP contribution in [0.15, 0.2) is 18.3 Å². The second kappa shape index (κ2) is 5.56. The number of hydrogen-bond acceptors (Lipinski definition) is 3. The van der Waals surface area contributed by atoms with E-state index in [0.717, 1.165) is 0 Å². The van der Waals surface area contributed by atoms with Crippen LogP contribution in [-0.2, 0) is 4.79 Å². The summed E-state index contributed by atoms with van der Waals surface area (Å²) < 4.78 is 13.9. The molecule has 2 rings (SSSR count). The zero-order valence-electron chi connectivity index (χ0n) is 11.6. The average molecular weight is 279 g/mol. The van der Waals surface area contributed by atoms with Crippen molar-refractivity contribution in [3.63, 3.8) is 0 Å². The van der Waals surface area contributed by atoms with Crippen molar-refractivity contribution in [2.45, 2.75) is 32.4 Å². The van der Waals surface area contributed by atoms with E-state index in [9.17, 15) is 14.0 Å². The number of hydrogen-bond donors (Lipinski definition) is 1. The van der Waals surface area contributed by atoms with E-state index in [1.54, 1.807) is 6.07 Å². The van der Waals surface area contributed by atoms with Crippen LogP contribution in [0, 0.1) is 0 Å². The highest BCUT2D eigenvalue weighted by molar-refractivity contribution is 5.93. The number of aromatic nitrogens is 1. The highest BCUT2D eigenvalue weighted by Gasteiger charge is 2.33. The lowest BCUT2D eigenvalue weighted by Crippen LogP contribution is -2.46. The first kappa shape index (κ1) is 14.4. The number of likely N-dealkylation sites (tertiary alicyclic amines) is 1. The van der Waals surface area contributed by atoms with Gasteiger partial charge < -0.3 is 10.2 Å². The highest BCUT2D eigenvalue weighted by Crippen LogP contribution is 2.25. The summed E-state index contributed by atoms with van der Waals surface area (Å²) in [5.74, 6) is -0.474. The van der Waals surface area contributed by atoms with E-state index in [1.807, 2.05) is 0 Å². The third-order valence-corrected chi connectivity index (χ3v) is 3.24. The molecule has 1 unspecified atom stereocenters. The number of carbonyl (C=O) groups excluding carboxylic acids is 2. The van der Waals surface area contributed by atoms with Crippen LogP contribution in [0.5, 0.6) is 0 Å². The fourth-order valence-electron chi connectivity index (χ4n) is 2.33. The molecule has 2 amide bonds. The molecule has 1 atom stereocenters. The fraction of sp³-hybridized carbons (Fsp3) is 0.500. The number of nitrogens with zero attached hydrogens (tertiary/aromatic N) is 2. The van der Waals surface area contributed by atoms with Crippen molar-refractivity contribution in [2.75, 3.05) is 18.4 Å². The second-order valence-electron chi connectivity index (χ2n) is 5.36. The molecule has 1 aliphatic rings. The van der Waals surface area contributed by atoms with Crippen LogP contribution in [-0.4, -0.2) is 40.5 Å². The lowest BCUT2D eigenvalue weighted by molar-refractivity contribution is -0.114. The summed E-state index contributed by atoms with van der Waals surface area (Å²) in [5.41, 5.74) is -0.538. The van der Waals surface area contributed by atoms with Crippen LogP contribution < -0.4 is 5.32 Å². The van der Waals surface area contributed by atoms with Gasteiger partial charge in [0.1, 0.15) is 11.4 Å². The Morgan fingerprint density at radius 1 is 1.45 bits per heavy atom. The van der Waals surface area contributed by atoms with Gasteiger partial charge in [-0.25, -0.2) is 9.37 Å². The van der Waals surface area contributed by atoms with Gasteiger partial charge in [-0.05, 0) is 31.9 Å².